The van der Waals surface area contributed by atoms with Gasteiger partial charge >= 0.3 is 0 Å². The number of likely N-dealkylation sites (tertiary alicyclic amines) is 1. The lowest BCUT2D eigenvalue weighted by atomic mass is 9.71. The first kappa shape index (κ1) is 17.7. The van der Waals surface area contributed by atoms with Gasteiger partial charge in [0.05, 0.1) is 24.1 Å². The van der Waals surface area contributed by atoms with Crippen LogP contribution in [-0.2, 0) is 4.79 Å². The minimum atomic E-state index is -0.924. The van der Waals surface area contributed by atoms with Gasteiger partial charge in [0.15, 0.2) is 0 Å². The Morgan fingerprint density at radius 2 is 2.22 bits per heavy atom. The average molecular weight is 369 g/mol. The van der Waals surface area contributed by atoms with E-state index in [9.17, 15) is 14.7 Å². The normalized spacial score (nSPS) is 25.5. The Bertz CT molecular complexity index is 900. The molecule has 142 valence electrons. The molecule has 27 heavy (non-hydrogen) atoms. The van der Waals surface area contributed by atoms with Crippen molar-refractivity contribution in [1.29, 1.82) is 0 Å². The molecule has 0 saturated carbocycles. The number of piperidine rings is 2. The van der Waals surface area contributed by atoms with Crippen molar-refractivity contribution in [2.24, 2.45) is 5.41 Å². The van der Waals surface area contributed by atoms with Gasteiger partial charge in [0.25, 0.3) is 5.91 Å². The zero-order valence-electron chi connectivity index (χ0n) is 15.3. The highest BCUT2D eigenvalue weighted by Crippen LogP contribution is 2.38. The van der Waals surface area contributed by atoms with Crippen LogP contribution in [0.25, 0.3) is 10.9 Å². The van der Waals surface area contributed by atoms with Crippen molar-refractivity contribution >= 4 is 22.7 Å². The quantitative estimate of drug-likeness (QED) is 0.834. The molecule has 0 aliphatic carbocycles. The predicted octanol–water partition coefficient (Wildman–Crippen LogP) is 1.35. The zero-order chi connectivity index (χ0) is 19.0. The molecule has 1 aromatic heterocycles. The SMILES string of the molecule is COc1cc(C(=O)N2CC[C@@H](O)[C@@]3(CCCNC3=O)C2)nc2ccccc12. The van der Waals surface area contributed by atoms with Gasteiger partial charge in [-0.3, -0.25) is 9.59 Å². The van der Waals surface area contributed by atoms with Crippen LogP contribution in [0.4, 0.5) is 0 Å². The van der Waals surface area contributed by atoms with Crippen LogP contribution in [0.1, 0.15) is 29.8 Å². The van der Waals surface area contributed by atoms with Gasteiger partial charge < -0.3 is 20.1 Å². The van der Waals surface area contributed by atoms with E-state index in [4.69, 9.17) is 4.74 Å². The molecule has 2 atom stereocenters. The fourth-order valence-corrected chi connectivity index (χ4v) is 4.20. The molecule has 2 aromatic rings. The minimum absolute atomic E-state index is 0.164. The largest absolute Gasteiger partial charge is 0.496 e. The third kappa shape index (κ3) is 2.92. The van der Waals surface area contributed by atoms with E-state index < -0.39 is 11.5 Å². The molecule has 2 amide bonds. The van der Waals surface area contributed by atoms with Gasteiger partial charge in [0.1, 0.15) is 11.4 Å². The van der Waals surface area contributed by atoms with E-state index in [-0.39, 0.29) is 24.1 Å². The molecule has 0 bridgehead atoms. The number of ether oxygens (including phenoxy) is 1. The monoisotopic (exact) mass is 369 g/mol. The summed E-state index contributed by atoms with van der Waals surface area (Å²) in [7, 11) is 1.56. The summed E-state index contributed by atoms with van der Waals surface area (Å²) in [5, 5.41) is 14.2. The number of nitrogens with one attached hydrogen (secondary N) is 1. The third-order valence-electron chi connectivity index (χ3n) is 5.73. The highest BCUT2D eigenvalue weighted by molar-refractivity contribution is 5.97. The Morgan fingerprint density at radius 1 is 1.41 bits per heavy atom. The second-order valence-corrected chi connectivity index (χ2v) is 7.27. The van der Waals surface area contributed by atoms with Crippen molar-refractivity contribution in [2.45, 2.75) is 25.4 Å². The number of aliphatic hydroxyl groups excluding tert-OH is 1. The van der Waals surface area contributed by atoms with Crippen molar-refractivity contribution in [3.8, 4) is 5.75 Å². The molecule has 2 N–H and O–H groups in total. The molecule has 2 saturated heterocycles. The molecule has 2 fully saturated rings. The number of para-hydroxylation sites is 1. The fourth-order valence-electron chi connectivity index (χ4n) is 4.20. The molecular formula is C20H23N3O4. The molecular weight excluding hydrogens is 346 g/mol. The first-order valence-corrected chi connectivity index (χ1v) is 9.24. The lowest BCUT2D eigenvalue weighted by Gasteiger charge is -2.46. The Kier molecular flexibility index (Phi) is 4.47. The summed E-state index contributed by atoms with van der Waals surface area (Å²) < 4.78 is 5.43. The van der Waals surface area contributed by atoms with Crippen LogP contribution >= 0.6 is 0 Å². The van der Waals surface area contributed by atoms with Gasteiger partial charge in [0.2, 0.25) is 5.91 Å². The Labute approximate surface area is 157 Å². The predicted molar refractivity (Wildman–Crippen MR) is 99.5 cm³/mol. The smallest absolute Gasteiger partial charge is 0.272 e. The molecule has 7 nitrogen and oxygen atoms in total. The summed E-state index contributed by atoms with van der Waals surface area (Å²) in [5.74, 6) is 0.178. The molecule has 2 aliphatic rings. The first-order valence-electron chi connectivity index (χ1n) is 9.24. The maximum absolute atomic E-state index is 13.1. The number of rotatable bonds is 2. The van der Waals surface area contributed by atoms with Crippen molar-refractivity contribution < 1.29 is 19.4 Å². The van der Waals surface area contributed by atoms with Crippen LogP contribution in [0.3, 0.4) is 0 Å². The number of aromatic nitrogens is 1. The number of amides is 2. The molecule has 4 rings (SSSR count). The van der Waals surface area contributed by atoms with Gasteiger partial charge in [-0.25, -0.2) is 4.98 Å². The van der Waals surface area contributed by atoms with Gasteiger partial charge in [-0.05, 0) is 31.4 Å². The number of benzene rings is 1. The van der Waals surface area contributed by atoms with Gasteiger partial charge in [-0.15, -0.1) is 0 Å². The van der Waals surface area contributed by atoms with Crippen LogP contribution < -0.4 is 10.1 Å². The third-order valence-corrected chi connectivity index (χ3v) is 5.73. The van der Waals surface area contributed by atoms with Crippen LogP contribution in [0.15, 0.2) is 30.3 Å². The molecule has 1 aromatic carbocycles. The van der Waals surface area contributed by atoms with Gasteiger partial charge in [-0.2, -0.15) is 0 Å². The van der Waals surface area contributed by atoms with Crippen molar-refractivity contribution in [3.05, 3.63) is 36.0 Å². The van der Waals surface area contributed by atoms with Crippen molar-refractivity contribution in [2.75, 3.05) is 26.7 Å². The molecule has 2 aliphatic heterocycles. The number of nitrogens with zero attached hydrogens (tertiary/aromatic N) is 2. The van der Waals surface area contributed by atoms with E-state index >= 15 is 0 Å². The summed E-state index contributed by atoms with van der Waals surface area (Å²) >= 11 is 0. The zero-order valence-corrected chi connectivity index (χ0v) is 15.3. The molecule has 3 heterocycles. The van der Waals surface area contributed by atoms with E-state index in [2.05, 4.69) is 10.3 Å². The molecule has 0 unspecified atom stereocenters. The number of hydrogen-bond donors (Lipinski definition) is 2. The molecule has 1 spiro atoms. The molecule has 7 heteroatoms. The number of fused-ring (bicyclic) bond motifs is 1. The van der Waals surface area contributed by atoms with E-state index in [0.29, 0.717) is 37.2 Å². The van der Waals surface area contributed by atoms with Crippen LogP contribution in [0.5, 0.6) is 5.75 Å². The number of pyridine rings is 1. The van der Waals surface area contributed by atoms with E-state index in [1.165, 1.54) is 0 Å². The summed E-state index contributed by atoms with van der Waals surface area (Å²) in [6, 6.07) is 9.13. The Morgan fingerprint density at radius 3 is 3.00 bits per heavy atom. The number of aliphatic hydroxyl groups is 1. The second-order valence-electron chi connectivity index (χ2n) is 7.27. The summed E-state index contributed by atoms with van der Waals surface area (Å²) in [4.78, 5) is 31.8. The number of carbonyl (C=O) groups excluding carboxylic acids is 2. The van der Waals surface area contributed by atoms with E-state index in [0.717, 1.165) is 11.8 Å². The maximum atomic E-state index is 13.1. The van der Waals surface area contributed by atoms with Crippen LogP contribution in [0, 0.1) is 5.41 Å². The standard InChI is InChI=1S/C20H23N3O4/c1-27-16-11-15(22-14-6-3-2-5-13(14)16)18(25)23-10-7-17(24)20(12-23)8-4-9-21-19(20)26/h2-3,5-6,11,17,24H,4,7-10,12H2,1H3,(H,21,26)/t17-,20-/m1/s1. The van der Waals surface area contributed by atoms with E-state index in [1.807, 2.05) is 24.3 Å². The van der Waals surface area contributed by atoms with E-state index in [1.54, 1.807) is 18.1 Å². The van der Waals surface area contributed by atoms with Crippen molar-refractivity contribution in [3.63, 3.8) is 0 Å². The summed E-state index contributed by atoms with van der Waals surface area (Å²) in [6.07, 6.45) is 1.02. The van der Waals surface area contributed by atoms with Crippen LogP contribution in [0.2, 0.25) is 0 Å². The number of carbonyl (C=O) groups is 2. The first-order chi connectivity index (χ1) is 13.0. The molecule has 0 radical (unpaired) electrons. The lowest BCUT2D eigenvalue weighted by molar-refractivity contribution is -0.147. The highest BCUT2D eigenvalue weighted by Gasteiger charge is 2.50. The Hall–Kier alpha value is -2.67. The maximum Gasteiger partial charge on any atom is 0.272 e. The topological polar surface area (TPSA) is 91.8 Å². The highest BCUT2D eigenvalue weighted by atomic mass is 16.5. The lowest BCUT2D eigenvalue weighted by Crippen LogP contribution is -2.62. The van der Waals surface area contributed by atoms with Crippen LogP contribution in [-0.4, -0.2) is 59.7 Å². The van der Waals surface area contributed by atoms with Crippen molar-refractivity contribution in [1.82, 2.24) is 15.2 Å². The number of methoxy groups -OCH3 is 1. The summed E-state index contributed by atoms with van der Waals surface area (Å²) in [5.41, 5.74) is 0.0447. The van der Waals surface area contributed by atoms with Gasteiger partial charge in [-0.1, -0.05) is 12.1 Å². The number of hydrogen-bond acceptors (Lipinski definition) is 5. The fraction of sp³-hybridized carbons (Fsp3) is 0.450. The Balaban J connectivity index is 1.66. The second kappa shape index (κ2) is 6.81. The van der Waals surface area contributed by atoms with Gasteiger partial charge in [0, 0.05) is 31.1 Å². The minimum Gasteiger partial charge on any atom is -0.496 e. The average Bonchev–Trinajstić information content (AvgIpc) is 2.70. The summed E-state index contributed by atoms with van der Waals surface area (Å²) in [6.45, 7) is 1.21.